The lowest BCUT2D eigenvalue weighted by Crippen LogP contribution is -2.22. The molecule has 2 aromatic carbocycles. The maximum absolute atomic E-state index is 9.31. The third kappa shape index (κ3) is 4.34. The van der Waals surface area contributed by atoms with Gasteiger partial charge in [-0.05, 0) is 36.6 Å². The number of rotatable bonds is 6. The highest BCUT2D eigenvalue weighted by atomic mass is 16.5. The number of hydrogen-bond donors (Lipinski definition) is 1. The summed E-state index contributed by atoms with van der Waals surface area (Å²) < 4.78 is 5.14. The summed E-state index contributed by atoms with van der Waals surface area (Å²) in [6, 6.07) is 18.1. The fourth-order valence-electron chi connectivity index (χ4n) is 2.24. The molecule has 2 rings (SSSR count). The van der Waals surface area contributed by atoms with Gasteiger partial charge in [-0.15, -0.1) is 0 Å². The summed E-state index contributed by atoms with van der Waals surface area (Å²) in [5.74, 6) is 0.862. The molecule has 0 bridgehead atoms. The van der Waals surface area contributed by atoms with Gasteiger partial charge in [0.15, 0.2) is 0 Å². The number of benzene rings is 2. The van der Waals surface area contributed by atoms with Gasteiger partial charge in [0.2, 0.25) is 0 Å². The van der Waals surface area contributed by atoms with Gasteiger partial charge in [-0.3, -0.25) is 5.32 Å². The zero-order chi connectivity index (χ0) is 15.1. The van der Waals surface area contributed by atoms with E-state index < -0.39 is 0 Å². The van der Waals surface area contributed by atoms with Crippen LogP contribution in [0.1, 0.15) is 22.7 Å². The molecule has 0 fully saturated rings. The van der Waals surface area contributed by atoms with E-state index in [1.54, 1.807) is 7.11 Å². The molecular formula is C18H20N2O. The maximum atomic E-state index is 9.31. The van der Waals surface area contributed by atoms with Gasteiger partial charge in [-0.1, -0.05) is 42.0 Å². The number of methoxy groups -OCH3 is 1. The average Bonchev–Trinajstić information content (AvgIpc) is 2.52. The Bertz CT molecular complexity index is 614. The van der Waals surface area contributed by atoms with E-state index in [9.17, 15) is 5.26 Å². The lowest BCUT2D eigenvalue weighted by atomic mass is 10.1. The van der Waals surface area contributed by atoms with E-state index in [2.05, 4.69) is 23.5 Å². The van der Waals surface area contributed by atoms with Gasteiger partial charge < -0.3 is 4.74 Å². The minimum absolute atomic E-state index is 0.261. The van der Waals surface area contributed by atoms with Crippen LogP contribution in [0.25, 0.3) is 0 Å². The zero-order valence-corrected chi connectivity index (χ0v) is 12.5. The Kier molecular flexibility index (Phi) is 5.36. The van der Waals surface area contributed by atoms with Gasteiger partial charge in [-0.2, -0.15) is 5.26 Å². The van der Waals surface area contributed by atoms with Crippen molar-refractivity contribution in [3.05, 3.63) is 65.2 Å². The monoisotopic (exact) mass is 280 g/mol. The van der Waals surface area contributed by atoms with Crippen LogP contribution in [0.2, 0.25) is 0 Å². The first-order valence-corrected chi connectivity index (χ1v) is 7.05. The van der Waals surface area contributed by atoms with Crippen LogP contribution in [0.15, 0.2) is 48.5 Å². The second-order valence-corrected chi connectivity index (χ2v) is 5.03. The van der Waals surface area contributed by atoms with E-state index in [4.69, 9.17) is 4.74 Å². The van der Waals surface area contributed by atoms with Crippen LogP contribution in [0.4, 0.5) is 0 Å². The van der Waals surface area contributed by atoms with E-state index >= 15 is 0 Å². The quantitative estimate of drug-likeness (QED) is 0.882. The molecule has 0 aliphatic heterocycles. The van der Waals surface area contributed by atoms with Crippen molar-refractivity contribution in [2.75, 3.05) is 13.7 Å². The van der Waals surface area contributed by atoms with Crippen molar-refractivity contribution in [2.45, 2.75) is 19.4 Å². The predicted octanol–water partition coefficient (Wildman–Crippen LogP) is 3.40. The van der Waals surface area contributed by atoms with Crippen molar-refractivity contribution in [3.8, 4) is 11.8 Å². The number of nitrogens with zero attached hydrogens (tertiary/aromatic N) is 1. The van der Waals surface area contributed by atoms with Crippen LogP contribution in [0.3, 0.4) is 0 Å². The molecule has 1 unspecified atom stereocenters. The molecule has 0 aliphatic rings. The van der Waals surface area contributed by atoms with E-state index in [1.807, 2.05) is 43.3 Å². The fraction of sp³-hybridized carbons (Fsp3) is 0.278. The number of ether oxygens (including phenoxy) is 1. The first-order chi connectivity index (χ1) is 10.2. The van der Waals surface area contributed by atoms with Crippen LogP contribution in [0.5, 0.6) is 5.75 Å². The molecular weight excluding hydrogens is 260 g/mol. The smallest absolute Gasteiger partial charge is 0.121 e. The van der Waals surface area contributed by atoms with E-state index in [0.717, 1.165) is 24.3 Å². The summed E-state index contributed by atoms with van der Waals surface area (Å²) in [6.07, 6.45) is 0.883. The average molecular weight is 280 g/mol. The van der Waals surface area contributed by atoms with Gasteiger partial charge in [0.25, 0.3) is 0 Å². The van der Waals surface area contributed by atoms with Crippen molar-refractivity contribution in [1.82, 2.24) is 5.32 Å². The van der Waals surface area contributed by atoms with Crippen LogP contribution in [0, 0.1) is 18.3 Å². The molecule has 0 aliphatic carbocycles. The van der Waals surface area contributed by atoms with Crippen molar-refractivity contribution < 1.29 is 4.74 Å². The third-order valence-corrected chi connectivity index (χ3v) is 3.43. The van der Waals surface area contributed by atoms with Gasteiger partial charge in [0.05, 0.1) is 13.2 Å². The van der Waals surface area contributed by atoms with E-state index in [1.165, 1.54) is 11.1 Å². The van der Waals surface area contributed by atoms with Crippen LogP contribution >= 0.6 is 0 Å². The largest absolute Gasteiger partial charge is 0.497 e. The predicted molar refractivity (Wildman–Crippen MR) is 84.2 cm³/mol. The zero-order valence-electron chi connectivity index (χ0n) is 12.5. The first kappa shape index (κ1) is 15.1. The van der Waals surface area contributed by atoms with Gasteiger partial charge >= 0.3 is 0 Å². The Balaban J connectivity index is 1.90. The number of hydrogen-bond acceptors (Lipinski definition) is 3. The van der Waals surface area contributed by atoms with Gasteiger partial charge in [0, 0.05) is 6.54 Å². The minimum atomic E-state index is -0.261. The van der Waals surface area contributed by atoms with Crippen molar-refractivity contribution in [1.29, 1.82) is 5.26 Å². The number of nitriles is 1. The Morgan fingerprint density at radius 2 is 1.95 bits per heavy atom. The molecule has 0 spiro atoms. The summed E-state index contributed by atoms with van der Waals surface area (Å²) in [5.41, 5.74) is 3.42. The molecule has 0 heterocycles. The molecule has 0 radical (unpaired) electrons. The number of nitrogens with one attached hydrogen (secondary N) is 1. The molecule has 0 saturated heterocycles. The summed E-state index contributed by atoms with van der Waals surface area (Å²) in [6.45, 7) is 2.80. The molecule has 2 aromatic rings. The Labute approximate surface area is 126 Å². The lowest BCUT2D eigenvalue weighted by Gasteiger charge is -2.12. The minimum Gasteiger partial charge on any atom is -0.497 e. The van der Waals surface area contributed by atoms with E-state index in [-0.39, 0.29) is 6.04 Å². The van der Waals surface area contributed by atoms with Crippen molar-refractivity contribution in [3.63, 3.8) is 0 Å². The van der Waals surface area contributed by atoms with Crippen molar-refractivity contribution in [2.24, 2.45) is 0 Å². The number of aryl methyl sites for hydroxylation is 1. The highest BCUT2D eigenvalue weighted by Crippen LogP contribution is 2.14. The molecule has 0 aromatic heterocycles. The molecule has 3 nitrogen and oxygen atoms in total. The summed E-state index contributed by atoms with van der Waals surface area (Å²) in [5, 5.41) is 12.6. The molecule has 21 heavy (non-hydrogen) atoms. The summed E-state index contributed by atoms with van der Waals surface area (Å²) >= 11 is 0. The second-order valence-electron chi connectivity index (χ2n) is 5.03. The molecule has 108 valence electrons. The Morgan fingerprint density at radius 3 is 2.57 bits per heavy atom. The molecule has 0 amide bonds. The summed E-state index contributed by atoms with van der Waals surface area (Å²) in [7, 11) is 1.66. The second kappa shape index (κ2) is 7.47. The van der Waals surface area contributed by atoms with E-state index in [0.29, 0.717) is 0 Å². The Morgan fingerprint density at radius 1 is 1.19 bits per heavy atom. The van der Waals surface area contributed by atoms with Crippen molar-refractivity contribution >= 4 is 0 Å². The maximum Gasteiger partial charge on any atom is 0.121 e. The highest BCUT2D eigenvalue weighted by molar-refractivity contribution is 5.29. The molecule has 3 heteroatoms. The molecule has 1 atom stereocenters. The summed E-state index contributed by atoms with van der Waals surface area (Å²) in [4.78, 5) is 0. The third-order valence-electron chi connectivity index (χ3n) is 3.43. The SMILES string of the molecule is COc1ccc(CCNC(C#N)c2cccc(C)c2)cc1. The first-order valence-electron chi connectivity index (χ1n) is 7.05. The van der Waals surface area contributed by atoms with Crippen LogP contribution < -0.4 is 10.1 Å². The highest BCUT2D eigenvalue weighted by Gasteiger charge is 2.09. The van der Waals surface area contributed by atoms with Gasteiger partial charge in [-0.25, -0.2) is 0 Å². The fourth-order valence-corrected chi connectivity index (χ4v) is 2.24. The molecule has 1 N–H and O–H groups in total. The normalized spacial score (nSPS) is 11.7. The van der Waals surface area contributed by atoms with Crippen LogP contribution in [-0.4, -0.2) is 13.7 Å². The standard InChI is InChI=1S/C18H20N2O/c1-14-4-3-5-16(12-14)18(13-19)20-11-10-15-6-8-17(21-2)9-7-15/h3-9,12,18,20H,10-11H2,1-2H3. The Hall–Kier alpha value is -2.31. The lowest BCUT2D eigenvalue weighted by molar-refractivity contribution is 0.414. The van der Waals surface area contributed by atoms with Crippen LogP contribution in [-0.2, 0) is 6.42 Å². The molecule has 0 saturated carbocycles. The van der Waals surface area contributed by atoms with Gasteiger partial charge in [0.1, 0.15) is 11.8 Å². The topological polar surface area (TPSA) is 45.0 Å².